The molecule has 2 aromatic rings. The van der Waals surface area contributed by atoms with E-state index >= 15 is 0 Å². The Hall–Kier alpha value is -1.35. The Morgan fingerprint density at radius 2 is 2.23 bits per heavy atom. The number of nitrogens with zero attached hydrogens (tertiary/aromatic N) is 3. The summed E-state index contributed by atoms with van der Waals surface area (Å²) in [6, 6.07) is 0.126. The first-order valence-corrected chi connectivity index (χ1v) is 8.03. The van der Waals surface area contributed by atoms with Crippen LogP contribution in [0.25, 0.3) is 11.0 Å². The summed E-state index contributed by atoms with van der Waals surface area (Å²) < 4.78 is 6.54. The van der Waals surface area contributed by atoms with Gasteiger partial charge in [0, 0.05) is 23.8 Å². The Kier molecular flexibility index (Phi) is 4.53. The lowest BCUT2D eigenvalue weighted by atomic mass is 10.1. The van der Waals surface area contributed by atoms with Crippen molar-refractivity contribution in [2.45, 2.75) is 31.7 Å². The van der Waals surface area contributed by atoms with E-state index in [0.717, 1.165) is 18.4 Å². The number of rotatable bonds is 5. The number of aromatic nitrogens is 3. The third-order valence-corrected chi connectivity index (χ3v) is 4.20. The molecular formula is C12H18N5O4P. The maximum Gasteiger partial charge on any atom is 0.328 e. The van der Waals surface area contributed by atoms with Gasteiger partial charge < -0.3 is 30.5 Å². The van der Waals surface area contributed by atoms with Gasteiger partial charge in [-0.3, -0.25) is 4.52 Å². The van der Waals surface area contributed by atoms with Gasteiger partial charge in [0.05, 0.1) is 12.1 Å². The van der Waals surface area contributed by atoms with E-state index in [1.807, 2.05) is 6.20 Å². The van der Waals surface area contributed by atoms with Crippen LogP contribution in [0.4, 0.5) is 5.82 Å². The minimum absolute atomic E-state index is 0.0527. The van der Waals surface area contributed by atoms with Gasteiger partial charge in [0.2, 0.25) is 0 Å². The molecule has 1 aliphatic rings. The van der Waals surface area contributed by atoms with Crippen molar-refractivity contribution >= 4 is 25.5 Å². The van der Waals surface area contributed by atoms with Gasteiger partial charge in [-0.2, -0.15) is 0 Å². The fraction of sp³-hybridized carbons (Fsp3) is 0.500. The summed E-state index contributed by atoms with van der Waals surface area (Å²) in [5, 5.41) is 12.6. The highest BCUT2D eigenvalue weighted by Crippen LogP contribution is 2.34. The van der Waals surface area contributed by atoms with Crippen molar-refractivity contribution < 1.29 is 19.4 Å². The predicted octanol–water partition coefficient (Wildman–Crippen LogP) is -0.0155. The number of hydrogen-bond acceptors (Lipinski definition) is 8. The zero-order valence-corrected chi connectivity index (χ0v) is 12.6. The Morgan fingerprint density at radius 3 is 2.91 bits per heavy atom. The van der Waals surface area contributed by atoms with Crippen LogP contribution in [0, 0.1) is 0 Å². The second-order valence-electron chi connectivity index (χ2n) is 5.20. The first-order valence-electron chi connectivity index (χ1n) is 6.87. The van der Waals surface area contributed by atoms with Gasteiger partial charge in [0.1, 0.15) is 18.6 Å². The van der Waals surface area contributed by atoms with E-state index in [2.05, 4.69) is 15.3 Å². The van der Waals surface area contributed by atoms with Gasteiger partial charge in [0.15, 0.2) is 5.82 Å². The quantitative estimate of drug-likeness (QED) is 0.483. The largest absolute Gasteiger partial charge is 0.395 e. The van der Waals surface area contributed by atoms with E-state index in [0.29, 0.717) is 16.9 Å². The molecule has 3 rings (SSSR count). The summed E-state index contributed by atoms with van der Waals surface area (Å²) in [5.74, 6) is 0.303. The molecule has 120 valence electrons. The highest BCUT2D eigenvalue weighted by Gasteiger charge is 2.28. The smallest absolute Gasteiger partial charge is 0.328 e. The summed E-state index contributed by atoms with van der Waals surface area (Å²) in [5.41, 5.74) is 8.16. The third-order valence-electron chi connectivity index (χ3n) is 3.85. The third kappa shape index (κ3) is 2.91. The fourth-order valence-corrected chi connectivity index (χ4v) is 3.09. The van der Waals surface area contributed by atoms with Gasteiger partial charge >= 0.3 is 8.60 Å². The van der Waals surface area contributed by atoms with E-state index in [1.165, 1.54) is 6.33 Å². The Morgan fingerprint density at radius 1 is 1.41 bits per heavy atom. The van der Waals surface area contributed by atoms with Crippen molar-refractivity contribution in [3.8, 4) is 0 Å². The van der Waals surface area contributed by atoms with Crippen LogP contribution in [0.5, 0.6) is 0 Å². The number of aliphatic hydroxyl groups is 1. The molecule has 1 fully saturated rings. The topological polar surface area (TPSA) is 139 Å². The molecule has 2 aromatic heterocycles. The van der Waals surface area contributed by atoms with E-state index < -0.39 is 8.60 Å². The second kappa shape index (κ2) is 6.41. The van der Waals surface area contributed by atoms with Crippen molar-refractivity contribution in [3.05, 3.63) is 18.1 Å². The first-order chi connectivity index (χ1) is 10.6. The van der Waals surface area contributed by atoms with Crippen LogP contribution in [0.2, 0.25) is 0 Å². The van der Waals surface area contributed by atoms with E-state index in [1.54, 1.807) is 4.57 Å². The summed E-state index contributed by atoms with van der Waals surface area (Å²) in [6.45, 7) is 0.0393. The molecule has 0 bridgehead atoms. The molecule has 22 heavy (non-hydrogen) atoms. The zero-order valence-electron chi connectivity index (χ0n) is 11.8. The van der Waals surface area contributed by atoms with Crippen LogP contribution in [-0.2, 0) is 11.3 Å². The zero-order chi connectivity index (χ0) is 15.7. The van der Waals surface area contributed by atoms with Crippen LogP contribution in [0.3, 0.4) is 0 Å². The van der Waals surface area contributed by atoms with Crippen LogP contribution < -0.4 is 11.1 Å². The van der Waals surface area contributed by atoms with Crippen molar-refractivity contribution in [2.75, 3.05) is 12.3 Å². The van der Waals surface area contributed by atoms with Gasteiger partial charge in [-0.25, -0.2) is 9.97 Å². The minimum atomic E-state index is -2.45. The molecule has 3 heterocycles. The lowest BCUT2D eigenvalue weighted by molar-refractivity contribution is 0.201. The molecule has 2 unspecified atom stereocenters. The van der Waals surface area contributed by atoms with Crippen LogP contribution in [0.15, 0.2) is 12.5 Å². The van der Waals surface area contributed by atoms with Gasteiger partial charge in [-0.05, 0) is 12.8 Å². The van der Waals surface area contributed by atoms with E-state index in [9.17, 15) is 5.11 Å². The minimum Gasteiger partial charge on any atom is -0.395 e. The number of aliphatic hydroxyl groups excluding tert-OH is 1. The van der Waals surface area contributed by atoms with Crippen molar-refractivity contribution in [2.24, 2.45) is 0 Å². The molecule has 2 atom stereocenters. The molecular weight excluding hydrogens is 309 g/mol. The average Bonchev–Trinajstić information content (AvgIpc) is 3.09. The summed E-state index contributed by atoms with van der Waals surface area (Å²) >= 11 is 0. The SMILES string of the molecule is Nc1ncnc2c(C3CCC(CO)N3)cn(COP(O)O)c12. The fourth-order valence-electron chi connectivity index (χ4n) is 2.86. The maximum atomic E-state index is 9.25. The molecule has 1 saturated heterocycles. The lowest BCUT2D eigenvalue weighted by Gasteiger charge is -2.11. The molecule has 6 N–H and O–H groups in total. The van der Waals surface area contributed by atoms with Gasteiger partial charge in [-0.1, -0.05) is 0 Å². The molecule has 0 saturated carbocycles. The maximum absolute atomic E-state index is 9.25. The number of anilines is 1. The van der Waals surface area contributed by atoms with E-state index in [-0.39, 0.29) is 25.4 Å². The number of fused-ring (bicyclic) bond motifs is 1. The molecule has 9 nitrogen and oxygen atoms in total. The Labute approximate surface area is 127 Å². The first kappa shape index (κ1) is 15.5. The predicted molar refractivity (Wildman–Crippen MR) is 80.4 cm³/mol. The number of nitrogens with one attached hydrogen (secondary N) is 1. The summed E-state index contributed by atoms with van der Waals surface area (Å²) in [6.07, 6.45) is 4.98. The van der Waals surface area contributed by atoms with Crippen LogP contribution >= 0.6 is 8.60 Å². The molecule has 10 heteroatoms. The van der Waals surface area contributed by atoms with Gasteiger partial charge in [-0.15, -0.1) is 0 Å². The summed E-state index contributed by atoms with van der Waals surface area (Å²) in [4.78, 5) is 26.1. The Balaban J connectivity index is 1.98. The van der Waals surface area contributed by atoms with Crippen molar-refractivity contribution in [1.29, 1.82) is 0 Å². The molecule has 0 amide bonds. The molecule has 0 aromatic carbocycles. The van der Waals surface area contributed by atoms with Gasteiger partial charge in [0.25, 0.3) is 0 Å². The standard InChI is InChI=1S/C12H18N5O4P/c13-12-11-10(14-5-15-12)8(3-17(11)6-21-22(19)20)9-2-1-7(4-18)16-9/h3,5,7,9,16,18-20H,1-2,4,6H2,(H2,13,14,15). The molecule has 1 aliphatic heterocycles. The van der Waals surface area contributed by atoms with Crippen LogP contribution in [0.1, 0.15) is 24.4 Å². The molecule has 0 aliphatic carbocycles. The monoisotopic (exact) mass is 327 g/mol. The molecule has 0 radical (unpaired) electrons. The number of hydrogen-bond donors (Lipinski definition) is 5. The lowest BCUT2D eigenvalue weighted by Crippen LogP contribution is -2.27. The van der Waals surface area contributed by atoms with Crippen LogP contribution in [-0.4, -0.2) is 42.1 Å². The second-order valence-corrected chi connectivity index (χ2v) is 5.96. The average molecular weight is 327 g/mol. The Bertz CT molecular complexity index is 664. The summed E-state index contributed by atoms with van der Waals surface area (Å²) in [7, 11) is -2.45. The van der Waals surface area contributed by atoms with E-state index in [4.69, 9.17) is 20.0 Å². The highest BCUT2D eigenvalue weighted by atomic mass is 31.2. The number of nitrogens with two attached hydrogens (primary N) is 1. The highest BCUT2D eigenvalue weighted by molar-refractivity contribution is 7.39. The van der Waals surface area contributed by atoms with Crippen molar-refractivity contribution in [1.82, 2.24) is 19.9 Å². The molecule has 0 spiro atoms. The normalized spacial score (nSPS) is 22.0. The van der Waals surface area contributed by atoms with Crippen molar-refractivity contribution in [3.63, 3.8) is 0 Å². The number of nitrogen functional groups attached to an aromatic ring is 1.